The van der Waals surface area contributed by atoms with Crippen molar-refractivity contribution in [3.05, 3.63) is 48.0 Å². The first kappa shape index (κ1) is 19.7. The molecule has 0 amide bonds. The Morgan fingerprint density at radius 1 is 1.04 bits per heavy atom. The molecule has 2 aromatic carbocycles. The molecule has 1 N–H and O–H groups in total. The minimum Gasteiger partial charge on any atom is -0.319 e. The van der Waals surface area contributed by atoms with E-state index in [1.165, 1.54) is 42.3 Å². The smallest absolute Gasteiger partial charge is 0.0107 e. The molecule has 1 fully saturated rings. The molecule has 2 aromatic rings. The van der Waals surface area contributed by atoms with Gasteiger partial charge in [0.1, 0.15) is 0 Å². The van der Waals surface area contributed by atoms with Gasteiger partial charge in [0.2, 0.25) is 0 Å². The standard InChI is InChI=1S/C16H21N.C3H7N.C2H6/c1-13(12-17-2)10-11-15-8-5-7-14-6-3-4-9-16(14)15;1-4-2-3-4;1-2/h3-9,13,17H,10-12H2,1-2H3;2-3H2,1H3;1-2H3. The maximum absolute atomic E-state index is 3.24. The summed E-state index contributed by atoms with van der Waals surface area (Å²) in [4.78, 5) is 2.25. The van der Waals surface area contributed by atoms with Gasteiger partial charge in [0.25, 0.3) is 0 Å². The molecule has 2 heteroatoms. The van der Waals surface area contributed by atoms with E-state index in [1.807, 2.05) is 20.9 Å². The Morgan fingerprint density at radius 2 is 1.65 bits per heavy atom. The van der Waals surface area contributed by atoms with Gasteiger partial charge < -0.3 is 10.2 Å². The molecule has 3 rings (SSSR count). The molecule has 0 bridgehead atoms. The molecule has 1 heterocycles. The Bertz CT molecular complexity index is 541. The fourth-order valence-electron chi connectivity index (χ4n) is 2.46. The van der Waals surface area contributed by atoms with E-state index in [4.69, 9.17) is 0 Å². The molecule has 0 spiro atoms. The minimum absolute atomic E-state index is 0.735. The van der Waals surface area contributed by atoms with Crippen LogP contribution in [0.15, 0.2) is 42.5 Å². The molecule has 1 saturated heterocycles. The Labute approximate surface area is 142 Å². The van der Waals surface area contributed by atoms with E-state index in [1.54, 1.807) is 0 Å². The van der Waals surface area contributed by atoms with Crippen molar-refractivity contribution in [3.63, 3.8) is 0 Å². The normalized spacial score (nSPS) is 14.3. The highest BCUT2D eigenvalue weighted by Gasteiger charge is 2.07. The Hall–Kier alpha value is -1.38. The number of nitrogens with zero attached hydrogens (tertiary/aromatic N) is 1. The minimum atomic E-state index is 0.735. The van der Waals surface area contributed by atoms with Gasteiger partial charge in [0.15, 0.2) is 0 Å². The van der Waals surface area contributed by atoms with E-state index in [0.717, 1.165) is 12.5 Å². The third-order valence-electron chi connectivity index (χ3n) is 4.01. The second-order valence-electron chi connectivity index (χ2n) is 6.14. The second kappa shape index (κ2) is 11.2. The lowest BCUT2D eigenvalue weighted by atomic mass is 9.97. The SMILES string of the molecule is CC.CN1CC1.CNCC(C)CCc1cccc2ccccc12. The van der Waals surface area contributed by atoms with E-state index in [2.05, 4.69) is 66.7 Å². The van der Waals surface area contributed by atoms with Crippen LogP contribution < -0.4 is 5.32 Å². The molecule has 23 heavy (non-hydrogen) atoms. The Morgan fingerprint density at radius 3 is 2.26 bits per heavy atom. The summed E-state index contributed by atoms with van der Waals surface area (Å²) in [5, 5.41) is 6.00. The summed E-state index contributed by atoms with van der Waals surface area (Å²) in [5.74, 6) is 0.735. The lowest BCUT2D eigenvalue weighted by molar-refractivity contribution is 0.505. The van der Waals surface area contributed by atoms with Crippen LogP contribution >= 0.6 is 0 Å². The number of likely N-dealkylation sites (N-methyl/N-ethyl adjacent to an activating group) is 1. The zero-order chi connectivity index (χ0) is 17.1. The highest BCUT2D eigenvalue weighted by atomic mass is 15.2. The van der Waals surface area contributed by atoms with Crippen LogP contribution in [0.25, 0.3) is 10.8 Å². The molecule has 1 unspecified atom stereocenters. The molecule has 1 aliphatic rings. The zero-order valence-electron chi connectivity index (χ0n) is 15.6. The summed E-state index contributed by atoms with van der Waals surface area (Å²) in [7, 11) is 4.13. The maximum Gasteiger partial charge on any atom is 0.0107 e. The predicted octanol–water partition coefficient (Wildman–Crippen LogP) is 4.59. The van der Waals surface area contributed by atoms with Crippen molar-refractivity contribution in [1.29, 1.82) is 0 Å². The van der Waals surface area contributed by atoms with Crippen LogP contribution in [0.3, 0.4) is 0 Å². The summed E-state index contributed by atoms with van der Waals surface area (Å²) in [6.45, 7) is 10.0. The van der Waals surface area contributed by atoms with Gasteiger partial charge in [-0.3, -0.25) is 0 Å². The van der Waals surface area contributed by atoms with E-state index in [0.29, 0.717) is 0 Å². The van der Waals surface area contributed by atoms with E-state index >= 15 is 0 Å². The topological polar surface area (TPSA) is 15.0 Å². The molecule has 0 saturated carbocycles. The van der Waals surface area contributed by atoms with Gasteiger partial charge in [-0.25, -0.2) is 0 Å². The quantitative estimate of drug-likeness (QED) is 0.812. The number of nitrogens with one attached hydrogen (secondary N) is 1. The molecule has 2 nitrogen and oxygen atoms in total. The summed E-state index contributed by atoms with van der Waals surface area (Å²) in [6.07, 6.45) is 2.42. The van der Waals surface area contributed by atoms with Gasteiger partial charge in [-0.15, -0.1) is 0 Å². The zero-order valence-corrected chi connectivity index (χ0v) is 15.6. The van der Waals surface area contributed by atoms with Crippen molar-refractivity contribution in [2.45, 2.75) is 33.6 Å². The van der Waals surface area contributed by atoms with E-state index in [-0.39, 0.29) is 0 Å². The highest BCUT2D eigenvalue weighted by molar-refractivity contribution is 5.85. The van der Waals surface area contributed by atoms with Crippen LogP contribution in [0.5, 0.6) is 0 Å². The van der Waals surface area contributed by atoms with Gasteiger partial charge in [-0.2, -0.15) is 0 Å². The molecular formula is C21H34N2. The van der Waals surface area contributed by atoms with Crippen LogP contribution in [0, 0.1) is 5.92 Å². The summed E-state index contributed by atoms with van der Waals surface area (Å²) in [5.41, 5.74) is 1.48. The van der Waals surface area contributed by atoms with E-state index < -0.39 is 0 Å². The van der Waals surface area contributed by atoms with Gasteiger partial charge in [-0.1, -0.05) is 63.2 Å². The first-order valence-electron chi connectivity index (χ1n) is 9.00. The first-order chi connectivity index (χ1) is 11.2. The maximum atomic E-state index is 3.24. The molecule has 0 aromatic heterocycles. The summed E-state index contributed by atoms with van der Waals surface area (Å²) in [6, 6.07) is 15.3. The lowest BCUT2D eigenvalue weighted by Gasteiger charge is -2.11. The fourth-order valence-corrected chi connectivity index (χ4v) is 2.46. The summed E-state index contributed by atoms with van der Waals surface area (Å²) >= 11 is 0. The van der Waals surface area contributed by atoms with Crippen molar-refractivity contribution >= 4 is 10.8 Å². The van der Waals surface area contributed by atoms with E-state index in [9.17, 15) is 0 Å². The van der Waals surface area contributed by atoms with Crippen LogP contribution in [-0.4, -0.2) is 38.6 Å². The number of benzene rings is 2. The van der Waals surface area contributed by atoms with Gasteiger partial charge in [0.05, 0.1) is 0 Å². The first-order valence-corrected chi connectivity index (χ1v) is 9.00. The molecule has 1 aliphatic heterocycles. The number of fused-ring (bicyclic) bond motifs is 1. The fraction of sp³-hybridized carbons (Fsp3) is 0.524. The molecule has 0 radical (unpaired) electrons. The number of hydrogen-bond acceptors (Lipinski definition) is 2. The van der Waals surface area contributed by atoms with Crippen LogP contribution in [0.2, 0.25) is 0 Å². The lowest BCUT2D eigenvalue weighted by Crippen LogP contribution is -2.16. The van der Waals surface area contributed by atoms with Gasteiger partial charge in [-0.05, 0) is 55.7 Å². The number of aryl methyl sites for hydroxylation is 1. The van der Waals surface area contributed by atoms with Crippen molar-refractivity contribution in [1.82, 2.24) is 10.2 Å². The number of hydrogen-bond donors (Lipinski definition) is 1. The van der Waals surface area contributed by atoms with Crippen molar-refractivity contribution in [2.75, 3.05) is 33.7 Å². The monoisotopic (exact) mass is 314 g/mol. The van der Waals surface area contributed by atoms with Gasteiger partial charge in [0, 0.05) is 13.1 Å². The molecular weight excluding hydrogens is 280 g/mol. The summed E-state index contributed by atoms with van der Waals surface area (Å²) < 4.78 is 0. The van der Waals surface area contributed by atoms with Crippen LogP contribution in [-0.2, 0) is 6.42 Å². The van der Waals surface area contributed by atoms with Crippen LogP contribution in [0.1, 0.15) is 32.8 Å². The largest absolute Gasteiger partial charge is 0.319 e. The highest BCUT2D eigenvalue weighted by Crippen LogP contribution is 2.20. The van der Waals surface area contributed by atoms with Crippen molar-refractivity contribution in [2.24, 2.45) is 5.92 Å². The Balaban J connectivity index is 0.000000375. The molecule has 1 atom stereocenters. The predicted molar refractivity (Wildman–Crippen MR) is 104 cm³/mol. The molecule has 0 aliphatic carbocycles. The van der Waals surface area contributed by atoms with Crippen molar-refractivity contribution in [3.8, 4) is 0 Å². The Kier molecular flexibility index (Phi) is 9.58. The average Bonchev–Trinajstić information content (AvgIpc) is 3.38. The third kappa shape index (κ3) is 7.62. The van der Waals surface area contributed by atoms with Crippen LogP contribution in [0.4, 0.5) is 0 Å². The van der Waals surface area contributed by atoms with Crippen molar-refractivity contribution < 1.29 is 0 Å². The number of rotatable bonds is 5. The third-order valence-corrected chi connectivity index (χ3v) is 4.01. The molecule has 128 valence electrons. The second-order valence-corrected chi connectivity index (χ2v) is 6.14. The van der Waals surface area contributed by atoms with Gasteiger partial charge >= 0.3 is 0 Å². The average molecular weight is 315 g/mol.